The van der Waals surface area contributed by atoms with Crippen LogP contribution in [0.25, 0.3) is 6.08 Å². The molecule has 0 atom stereocenters. The van der Waals surface area contributed by atoms with E-state index in [0.29, 0.717) is 27.6 Å². The van der Waals surface area contributed by atoms with Gasteiger partial charge in [0.15, 0.2) is 5.76 Å². The highest BCUT2D eigenvalue weighted by Gasteiger charge is 2.30. The van der Waals surface area contributed by atoms with Crippen LogP contribution < -0.4 is 9.47 Å². The summed E-state index contributed by atoms with van der Waals surface area (Å²) in [6, 6.07) is 13.9. The first kappa shape index (κ1) is 19.2. The van der Waals surface area contributed by atoms with Gasteiger partial charge < -0.3 is 9.47 Å². The summed E-state index contributed by atoms with van der Waals surface area (Å²) in [6.45, 7) is 1.44. The molecule has 1 heterocycles. The fraction of sp³-hybridized carbons (Fsp3) is 0.0870. The van der Waals surface area contributed by atoms with E-state index in [4.69, 9.17) is 21.1 Å². The Morgan fingerprint density at radius 2 is 1.79 bits per heavy atom. The Hall–Kier alpha value is -3.18. The molecule has 29 heavy (non-hydrogen) atoms. The van der Waals surface area contributed by atoms with Gasteiger partial charge in [0.05, 0.1) is 11.1 Å². The lowest BCUT2D eigenvalue weighted by Gasteiger charge is -2.12. The molecule has 0 saturated carbocycles. The second kappa shape index (κ2) is 7.68. The summed E-state index contributed by atoms with van der Waals surface area (Å²) in [4.78, 5) is 12.7. The maximum atomic E-state index is 13.8. The molecule has 0 bridgehead atoms. The Kier molecular flexibility index (Phi) is 5.07. The molecule has 0 saturated heterocycles. The van der Waals surface area contributed by atoms with Crippen molar-refractivity contribution in [2.75, 3.05) is 0 Å². The van der Waals surface area contributed by atoms with Gasteiger partial charge in [-0.15, -0.1) is 0 Å². The lowest BCUT2D eigenvalue weighted by Crippen LogP contribution is -2.03. The van der Waals surface area contributed by atoms with Crippen LogP contribution in [0.5, 0.6) is 11.5 Å². The highest BCUT2D eigenvalue weighted by Crippen LogP contribution is 2.39. The van der Waals surface area contributed by atoms with Crippen molar-refractivity contribution in [3.63, 3.8) is 0 Å². The van der Waals surface area contributed by atoms with Crippen molar-refractivity contribution in [3.05, 3.63) is 99.3 Å². The molecule has 0 radical (unpaired) electrons. The largest absolute Gasteiger partial charge is 0.488 e. The van der Waals surface area contributed by atoms with Gasteiger partial charge in [-0.1, -0.05) is 29.8 Å². The number of ketones is 1. The number of ether oxygens (including phenoxy) is 2. The minimum atomic E-state index is -0.679. The van der Waals surface area contributed by atoms with Crippen molar-refractivity contribution < 1.29 is 23.0 Å². The second-order valence-electron chi connectivity index (χ2n) is 6.55. The molecule has 0 fully saturated rings. The molecular weight excluding hydrogens is 398 g/mol. The number of halogens is 3. The summed E-state index contributed by atoms with van der Waals surface area (Å²) in [5.41, 5.74) is 1.55. The summed E-state index contributed by atoms with van der Waals surface area (Å²) in [5.74, 6) is -0.695. The SMILES string of the molecule is Cc1c(OCc2c(F)cccc2F)ccc2c1O/C(=C\c1cccc(Cl)c1)C2=O. The molecule has 3 aromatic rings. The van der Waals surface area contributed by atoms with E-state index in [1.54, 1.807) is 43.3 Å². The van der Waals surface area contributed by atoms with Crippen molar-refractivity contribution in [3.8, 4) is 11.5 Å². The predicted molar refractivity (Wildman–Crippen MR) is 106 cm³/mol. The third-order valence-corrected chi connectivity index (χ3v) is 4.85. The van der Waals surface area contributed by atoms with E-state index in [0.717, 1.165) is 5.56 Å². The maximum absolute atomic E-state index is 13.8. The van der Waals surface area contributed by atoms with Crippen LogP contribution in [0.2, 0.25) is 5.02 Å². The fourth-order valence-corrected chi connectivity index (χ4v) is 3.29. The number of hydrogen-bond acceptors (Lipinski definition) is 3. The minimum absolute atomic E-state index is 0.161. The van der Waals surface area contributed by atoms with Crippen LogP contribution in [0.4, 0.5) is 8.78 Å². The molecule has 146 valence electrons. The Bertz CT molecular complexity index is 1130. The summed E-state index contributed by atoms with van der Waals surface area (Å²) in [7, 11) is 0. The molecule has 3 nitrogen and oxygen atoms in total. The third-order valence-electron chi connectivity index (χ3n) is 4.62. The molecular formula is C23H15ClF2O3. The molecule has 0 aromatic heterocycles. The van der Waals surface area contributed by atoms with Crippen LogP contribution in [-0.4, -0.2) is 5.78 Å². The molecule has 1 aliphatic heterocycles. The minimum Gasteiger partial charge on any atom is -0.488 e. The van der Waals surface area contributed by atoms with Crippen LogP contribution in [-0.2, 0) is 6.61 Å². The number of benzene rings is 3. The van der Waals surface area contributed by atoms with E-state index in [1.807, 2.05) is 6.07 Å². The average molecular weight is 413 g/mol. The standard InChI is InChI=1S/C23H15ClF2O3/c1-13-20(28-12-17-18(25)6-3-7-19(17)26)9-8-16-22(27)21(29-23(13)16)11-14-4-2-5-15(24)10-14/h2-11H,12H2,1H3/b21-11-. The molecule has 4 rings (SSSR count). The van der Waals surface area contributed by atoms with Crippen LogP contribution in [0, 0.1) is 18.6 Å². The monoisotopic (exact) mass is 412 g/mol. The smallest absolute Gasteiger partial charge is 0.231 e. The molecule has 6 heteroatoms. The zero-order valence-corrected chi connectivity index (χ0v) is 16.1. The Morgan fingerprint density at radius 1 is 1.07 bits per heavy atom. The highest BCUT2D eigenvalue weighted by atomic mass is 35.5. The molecule has 0 amide bonds. The van der Waals surface area contributed by atoms with Gasteiger partial charge in [0.25, 0.3) is 0 Å². The van der Waals surface area contributed by atoms with Gasteiger partial charge in [-0.2, -0.15) is 0 Å². The lowest BCUT2D eigenvalue weighted by atomic mass is 10.1. The Labute approximate surface area is 171 Å². The predicted octanol–water partition coefficient (Wildman–Crippen LogP) is 6.12. The fourth-order valence-electron chi connectivity index (χ4n) is 3.09. The second-order valence-corrected chi connectivity index (χ2v) is 6.99. The number of carbonyl (C=O) groups is 1. The zero-order valence-electron chi connectivity index (χ0n) is 15.3. The van der Waals surface area contributed by atoms with Crippen LogP contribution in [0.15, 0.2) is 60.4 Å². The van der Waals surface area contributed by atoms with E-state index in [1.165, 1.54) is 18.2 Å². The number of rotatable bonds is 4. The number of carbonyl (C=O) groups excluding carboxylic acids is 1. The first-order valence-electron chi connectivity index (χ1n) is 8.83. The van der Waals surface area contributed by atoms with Gasteiger partial charge in [-0.3, -0.25) is 4.79 Å². The number of allylic oxidation sites excluding steroid dienone is 1. The van der Waals surface area contributed by atoms with Gasteiger partial charge in [0.2, 0.25) is 5.78 Å². The Morgan fingerprint density at radius 3 is 2.52 bits per heavy atom. The Balaban J connectivity index is 1.60. The summed E-state index contributed by atoms with van der Waals surface area (Å²) >= 11 is 5.98. The summed E-state index contributed by atoms with van der Waals surface area (Å²) < 4.78 is 39.0. The van der Waals surface area contributed by atoms with E-state index in [9.17, 15) is 13.6 Å². The molecule has 0 aliphatic carbocycles. The lowest BCUT2D eigenvalue weighted by molar-refractivity contribution is 0.101. The van der Waals surface area contributed by atoms with Gasteiger partial charge >= 0.3 is 0 Å². The van der Waals surface area contributed by atoms with Gasteiger partial charge in [-0.05, 0) is 55.0 Å². The van der Waals surface area contributed by atoms with E-state index >= 15 is 0 Å². The van der Waals surface area contributed by atoms with Crippen molar-refractivity contribution in [2.45, 2.75) is 13.5 Å². The van der Waals surface area contributed by atoms with E-state index in [2.05, 4.69) is 0 Å². The number of fused-ring (bicyclic) bond motifs is 1. The van der Waals surface area contributed by atoms with Crippen molar-refractivity contribution in [1.82, 2.24) is 0 Å². The van der Waals surface area contributed by atoms with Crippen LogP contribution in [0.3, 0.4) is 0 Å². The van der Waals surface area contributed by atoms with Crippen LogP contribution >= 0.6 is 11.6 Å². The number of hydrogen-bond donors (Lipinski definition) is 0. The van der Waals surface area contributed by atoms with Gasteiger partial charge in [0, 0.05) is 10.6 Å². The first-order valence-corrected chi connectivity index (χ1v) is 9.21. The molecule has 3 aromatic carbocycles. The summed E-state index contributed by atoms with van der Waals surface area (Å²) in [6.07, 6.45) is 1.61. The van der Waals surface area contributed by atoms with Crippen LogP contribution in [0.1, 0.15) is 27.0 Å². The molecule has 0 N–H and O–H groups in total. The normalized spacial score (nSPS) is 14.1. The van der Waals surface area contributed by atoms with Crippen molar-refractivity contribution >= 4 is 23.5 Å². The maximum Gasteiger partial charge on any atom is 0.231 e. The average Bonchev–Trinajstić information content (AvgIpc) is 2.99. The van der Waals surface area contributed by atoms with E-state index in [-0.39, 0.29) is 23.7 Å². The third kappa shape index (κ3) is 3.74. The van der Waals surface area contributed by atoms with Gasteiger partial charge in [0.1, 0.15) is 29.7 Å². The molecule has 0 spiro atoms. The van der Waals surface area contributed by atoms with E-state index < -0.39 is 11.6 Å². The number of Topliss-reactive ketones (excluding diaryl/α,β-unsaturated/α-hetero) is 1. The topological polar surface area (TPSA) is 35.5 Å². The molecule has 0 unspecified atom stereocenters. The summed E-state index contributed by atoms with van der Waals surface area (Å²) in [5, 5.41) is 0.551. The van der Waals surface area contributed by atoms with Crippen molar-refractivity contribution in [1.29, 1.82) is 0 Å². The first-order chi connectivity index (χ1) is 13.9. The quantitative estimate of drug-likeness (QED) is 0.484. The van der Waals surface area contributed by atoms with Gasteiger partial charge in [-0.25, -0.2) is 8.78 Å². The van der Waals surface area contributed by atoms with Crippen molar-refractivity contribution in [2.24, 2.45) is 0 Å². The molecule has 1 aliphatic rings. The highest BCUT2D eigenvalue weighted by molar-refractivity contribution is 6.30. The zero-order chi connectivity index (χ0) is 20.5.